The maximum Gasteiger partial charge on any atom is 0.133 e. The van der Waals surface area contributed by atoms with Gasteiger partial charge in [0.2, 0.25) is 0 Å². The molecule has 106 valence electrons. The second-order valence-corrected chi connectivity index (χ2v) is 5.39. The summed E-state index contributed by atoms with van der Waals surface area (Å²) in [5, 5.41) is 0. The molecule has 0 bridgehead atoms. The highest BCUT2D eigenvalue weighted by Crippen LogP contribution is 2.26. The van der Waals surface area contributed by atoms with E-state index in [9.17, 15) is 0 Å². The number of nitrogens with two attached hydrogens (primary N) is 1. The average Bonchev–Trinajstić information content (AvgIpc) is 2.44. The summed E-state index contributed by atoms with van der Waals surface area (Å²) >= 11 is 0. The first kappa shape index (κ1) is 14.7. The zero-order chi connectivity index (χ0) is 14.7. The van der Waals surface area contributed by atoms with Crippen molar-refractivity contribution in [2.75, 3.05) is 6.54 Å². The van der Waals surface area contributed by atoms with Crippen LogP contribution in [0.25, 0.3) is 11.3 Å². The third-order valence-electron chi connectivity index (χ3n) is 3.93. The Morgan fingerprint density at radius 2 is 1.80 bits per heavy atom. The molecule has 0 fully saturated rings. The Balaban J connectivity index is 2.48. The number of aryl methyl sites for hydroxylation is 3. The summed E-state index contributed by atoms with van der Waals surface area (Å²) in [5.41, 5.74) is 11.8. The van der Waals surface area contributed by atoms with E-state index in [2.05, 4.69) is 44.8 Å². The van der Waals surface area contributed by atoms with Gasteiger partial charge in [0.1, 0.15) is 5.82 Å². The van der Waals surface area contributed by atoms with E-state index in [0.717, 1.165) is 17.9 Å². The van der Waals surface area contributed by atoms with Crippen LogP contribution in [0.4, 0.5) is 0 Å². The van der Waals surface area contributed by atoms with Crippen LogP contribution in [-0.2, 0) is 0 Å². The molecular formula is C17H23N3. The maximum atomic E-state index is 5.80. The van der Waals surface area contributed by atoms with Crippen LogP contribution in [0.5, 0.6) is 0 Å². The van der Waals surface area contributed by atoms with E-state index < -0.39 is 0 Å². The molecule has 0 aliphatic heterocycles. The van der Waals surface area contributed by atoms with Gasteiger partial charge in [-0.1, -0.05) is 13.0 Å². The molecule has 0 amide bonds. The Bertz CT molecular complexity index is 601. The summed E-state index contributed by atoms with van der Waals surface area (Å²) in [7, 11) is 0. The second-order valence-electron chi connectivity index (χ2n) is 5.39. The van der Waals surface area contributed by atoms with Gasteiger partial charge >= 0.3 is 0 Å². The van der Waals surface area contributed by atoms with Gasteiger partial charge in [-0.3, -0.25) is 0 Å². The smallest absolute Gasteiger partial charge is 0.133 e. The van der Waals surface area contributed by atoms with Crippen molar-refractivity contribution in [1.82, 2.24) is 9.97 Å². The van der Waals surface area contributed by atoms with Crippen molar-refractivity contribution in [3.05, 3.63) is 46.9 Å². The van der Waals surface area contributed by atoms with Gasteiger partial charge in [0.15, 0.2) is 0 Å². The molecular weight excluding hydrogens is 246 g/mol. The molecule has 2 N–H and O–H groups in total. The van der Waals surface area contributed by atoms with E-state index in [1.165, 1.54) is 22.3 Å². The number of rotatable bonds is 4. The van der Waals surface area contributed by atoms with E-state index in [0.29, 0.717) is 6.54 Å². The first-order valence-corrected chi connectivity index (χ1v) is 7.18. The van der Waals surface area contributed by atoms with Crippen LogP contribution < -0.4 is 5.73 Å². The lowest BCUT2D eigenvalue weighted by molar-refractivity contribution is 0.631. The lowest BCUT2D eigenvalue weighted by Gasteiger charge is -2.13. The molecule has 2 rings (SSSR count). The average molecular weight is 269 g/mol. The highest BCUT2D eigenvalue weighted by Gasteiger charge is 2.13. The largest absolute Gasteiger partial charge is 0.330 e. The van der Waals surface area contributed by atoms with Crippen LogP contribution >= 0.6 is 0 Å². The van der Waals surface area contributed by atoms with Gasteiger partial charge in [-0.05, 0) is 56.0 Å². The Hall–Kier alpha value is -1.74. The fourth-order valence-electron chi connectivity index (χ4n) is 2.41. The molecule has 1 atom stereocenters. The molecule has 0 saturated carbocycles. The second kappa shape index (κ2) is 6.14. The van der Waals surface area contributed by atoms with Crippen LogP contribution in [0, 0.1) is 20.8 Å². The summed E-state index contributed by atoms with van der Waals surface area (Å²) in [5.74, 6) is 1.09. The van der Waals surface area contributed by atoms with E-state index in [4.69, 9.17) is 10.7 Å². The van der Waals surface area contributed by atoms with Crippen LogP contribution in [0.3, 0.4) is 0 Å². The van der Waals surface area contributed by atoms with Crippen molar-refractivity contribution in [3.8, 4) is 11.3 Å². The highest BCUT2D eigenvalue weighted by atomic mass is 14.9. The standard InChI is InChI=1S/C17H23N3/c1-5-14(10-18)17-19-7-6-16(20-17)15-9-12(3)11(2)8-13(15)4/h6-9,14H,5,10,18H2,1-4H3. The van der Waals surface area contributed by atoms with Gasteiger partial charge in [-0.2, -0.15) is 0 Å². The van der Waals surface area contributed by atoms with Crippen molar-refractivity contribution in [2.24, 2.45) is 5.73 Å². The van der Waals surface area contributed by atoms with Crippen molar-refractivity contribution in [2.45, 2.75) is 40.0 Å². The quantitative estimate of drug-likeness (QED) is 0.924. The number of aromatic nitrogens is 2. The Labute approximate surface area is 121 Å². The Morgan fingerprint density at radius 3 is 2.45 bits per heavy atom. The summed E-state index contributed by atoms with van der Waals surface area (Å²) < 4.78 is 0. The predicted octanol–water partition coefficient (Wildman–Crippen LogP) is 3.52. The lowest BCUT2D eigenvalue weighted by Crippen LogP contribution is -2.14. The van der Waals surface area contributed by atoms with Gasteiger partial charge in [0, 0.05) is 24.2 Å². The molecule has 2 aromatic rings. The minimum absolute atomic E-state index is 0.238. The monoisotopic (exact) mass is 269 g/mol. The molecule has 3 nitrogen and oxygen atoms in total. The Kier molecular flexibility index (Phi) is 4.50. The third-order valence-corrected chi connectivity index (χ3v) is 3.93. The molecule has 1 aromatic carbocycles. The fourth-order valence-corrected chi connectivity index (χ4v) is 2.41. The number of benzene rings is 1. The van der Waals surface area contributed by atoms with E-state index in [1.807, 2.05) is 12.3 Å². The minimum Gasteiger partial charge on any atom is -0.330 e. The first-order valence-electron chi connectivity index (χ1n) is 7.18. The number of nitrogens with zero attached hydrogens (tertiary/aromatic N) is 2. The van der Waals surface area contributed by atoms with Crippen molar-refractivity contribution >= 4 is 0 Å². The van der Waals surface area contributed by atoms with Gasteiger partial charge < -0.3 is 5.73 Å². The zero-order valence-electron chi connectivity index (χ0n) is 12.8. The van der Waals surface area contributed by atoms with Crippen molar-refractivity contribution in [1.29, 1.82) is 0 Å². The number of hydrogen-bond donors (Lipinski definition) is 1. The lowest BCUT2D eigenvalue weighted by atomic mass is 9.98. The molecule has 0 aliphatic carbocycles. The van der Waals surface area contributed by atoms with Crippen LogP contribution in [0.1, 0.15) is 41.8 Å². The number of hydrogen-bond acceptors (Lipinski definition) is 3. The minimum atomic E-state index is 0.238. The first-order chi connectivity index (χ1) is 9.56. The topological polar surface area (TPSA) is 51.8 Å². The van der Waals surface area contributed by atoms with Crippen LogP contribution in [0.2, 0.25) is 0 Å². The molecule has 1 aromatic heterocycles. The molecule has 0 aliphatic rings. The molecule has 0 radical (unpaired) electrons. The van der Waals surface area contributed by atoms with Gasteiger partial charge in [-0.25, -0.2) is 9.97 Å². The SMILES string of the molecule is CCC(CN)c1nccc(-c2cc(C)c(C)cc2C)n1. The fraction of sp³-hybridized carbons (Fsp3) is 0.412. The van der Waals surface area contributed by atoms with Gasteiger partial charge in [0.25, 0.3) is 0 Å². The van der Waals surface area contributed by atoms with Gasteiger partial charge in [0.05, 0.1) is 5.69 Å². The summed E-state index contributed by atoms with van der Waals surface area (Å²) in [6, 6.07) is 6.40. The summed E-state index contributed by atoms with van der Waals surface area (Å²) in [6.45, 7) is 9.11. The highest BCUT2D eigenvalue weighted by molar-refractivity contribution is 5.65. The van der Waals surface area contributed by atoms with Crippen molar-refractivity contribution in [3.63, 3.8) is 0 Å². The molecule has 0 saturated heterocycles. The molecule has 1 heterocycles. The van der Waals surface area contributed by atoms with E-state index in [-0.39, 0.29) is 5.92 Å². The molecule has 20 heavy (non-hydrogen) atoms. The van der Waals surface area contributed by atoms with Gasteiger partial charge in [-0.15, -0.1) is 0 Å². The maximum absolute atomic E-state index is 5.80. The molecule has 1 unspecified atom stereocenters. The van der Waals surface area contributed by atoms with E-state index in [1.54, 1.807) is 0 Å². The van der Waals surface area contributed by atoms with E-state index >= 15 is 0 Å². The summed E-state index contributed by atoms with van der Waals surface area (Å²) in [4.78, 5) is 9.11. The molecule has 3 heteroatoms. The predicted molar refractivity (Wildman–Crippen MR) is 83.8 cm³/mol. The van der Waals surface area contributed by atoms with Crippen molar-refractivity contribution < 1.29 is 0 Å². The summed E-state index contributed by atoms with van der Waals surface area (Å²) in [6.07, 6.45) is 2.80. The molecule has 0 spiro atoms. The van der Waals surface area contributed by atoms with Crippen LogP contribution in [-0.4, -0.2) is 16.5 Å². The third kappa shape index (κ3) is 2.88. The Morgan fingerprint density at radius 1 is 1.10 bits per heavy atom. The normalized spacial score (nSPS) is 12.4. The zero-order valence-corrected chi connectivity index (χ0v) is 12.8. The van der Waals surface area contributed by atoms with Crippen LogP contribution in [0.15, 0.2) is 24.4 Å².